The molecule has 0 aliphatic heterocycles. The maximum atomic E-state index is 12.9. The highest BCUT2D eigenvalue weighted by Gasteiger charge is 2.20. The largest absolute Gasteiger partial charge is 0.395 e. The van der Waals surface area contributed by atoms with Crippen molar-refractivity contribution in [2.45, 2.75) is 20.3 Å². The summed E-state index contributed by atoms with van der Waals surface area (Å²) >= 11 is 1.36. The average molecular weight is 322 g/mol. The number of aromatic nitrogens is 1. The Balaban J connectivity index is 2.16. The van der Waals surface area contributed by atoms with Crippen molar-refractivity contribution in [2.75, 3.05) is 19.7 Å². The fraction of sp³-hybridized carbons (Fsp3) is 0.375. The van der Waals surface area contributed by atoms with Crippen molar-refractivity contribution in [3.05, 3.63) is 51.2 Å². The lowest BCUT2D eigenvalue weighted by Gasteiger charge is -2.18. The maximum absolute atomic E-state index is 12.9. The Labute approximate surface area is 133 Å². The van der Waals surface area contributed by atoms with E-state index < -0.39 is 0 Å². The predicted molar refractivity (Wildman–Crippen MR) is 84.7 cm³/mol. The van der Waals surface area contributed by atoms with Crippen LogP contribution in [0.5, 0.6) is 0 Å². The van der Waals surface area contributed by atoms with Gasteiger partial charge in [0.05, 0.1) is 17.3 Å². The van der Waals surface area contributed by atoms with Gasteiger partial charge in [0.15, 0.2) is 0 Å². The molecule has 0 saturated heterocycles. The van der Waals surface area contributed by atoms with Crippen molar-refractivity contribution < 1.29 is 14.3 Å². The minimum Gasteiger partial charge on any atom is -0.395 e. The first-order valence-electron chi connectivity index (χ1n) is 7.16. The number of hydrogen-bond donors (Lipinski definition) is 1. The lowest BCUT2D eigenvalue weighted by molar-refractivity contribution is 0.0736. The lowest BCUT2D eigenvalue weighted by Crippen LogP contribution is -2.33. The molecule has 1 N–H and O–H groups in total. The van der Waals surface area contributed by atoms with Gasteiger partial charge in [-0.25, -0.2) is 9.37 Å². The van der Waals surface area contributed by atoms with Crippen molar-refractivity contribution in [2.24, 2.45) is 0 Å². The summed E-state index contributed by atoms with van der Waals surface area (Å²) in [6.07, 6.45) is 0.575. The number of aliphatic hydroxyl groups is 1. The minimum atomic E-state index is -0.266. The van der Waals surface area contributed by atoms with Crippen LogP contribution in [0.3, 0.4) is 0 Å². The molecule has 118 valence electrons. The van der Waals surface area contributed by atoms with E-state index in [2.05, 4.69) is 4.98 Å². The maximum Gasteiger partial charge on any atom is 0.265 e. The molecule has 0 unspecified atom stereocenters. The highest BCUT2D eigenvalue weighted by atomic mass is 32.1. The molecular weight excluding hydrogens is 303 g/mol. The molecule has 1 heterocycles. The predicted octanol–water partition coefficient (Wildman–Crippen LogP) is 2.64. The first-order chi connectivity index (χ1) is 10.5. The fourth-order valence-corrected chi connectivity index (χ4v) is 3.24. The van der Waals surface area contributed by atoms with Crippen molar-refractivity contribution in [1.29, 1.82) is 0 Å². The summed E-state index contributed by atoms with van der Waals surface area (Å²) in [6.45, 7) is 4.50. The highest BCUT2D eigenvalue weighted by molar-refractivity contribution is 7.13. The van der Waals surface area contributed by atoms with E-state index in [0.717, 1.165) is 10.6 Å². The molecule has 0 saturated carbocycles. The molecule has 0 fully saturated rings. The Bertz CT molecular complexity index is 640. The topological polar surface area (TPSA) is 53.4 Å². The number of rotatable bonds is 6. The molecule has 2 aromatic rings. The van der Waals surface area contributed by atoms with Crippen LogP contribution < -0.4 is 0 Å². The zero-order valence-electron chi connectivity index (χ0n) is 12.7. The van der Waals surface area contributed by atoms with E-state index in [4.69, 9.17) is 5.11 Å². The monoisotopic (exact) mass is 322 g/mol. The van der Waals surface area contributed by atoms with Crippen molar-refractivity contribution in [1.82, 2.24) is 9.88 Å². The van der Waals surface area contributed by atoms with E-state index in [-0.39, 0.29) is 18.3 Å². The summed E-state index contributed by atoms with van der Waals surface area (Å²) in [4.78, 5) is 19.1. The molecule has 0 aliphatic carbocycles. The van der Waals surface area contributed by atoms with Gasteiger partial charge in [-0.05, 0) is 31.5 Å². The molecule has 4 nitrogen and oxygen atoms in total. The van der Waals surface area contributed by atoms with Gasteiger partial charge in [0, 0.05) is 19.5 Å². The van der Waals surface area contributed by atoms with Crippen LogP contribution in [-0.4, -0.2) is 40.6 Å². The quantitative estimate of drug-likeness (QED) is 0.889. The number of likely N-dealkylation sites (N-methyl/N-ethyl adjacent to an activating group) is 1. The number of benzene rings is 1. The number of aliphatic hydroxyl groups excluding tert-OH is 1. The molecule has 0 radical (unpaired) electrons. The van der Waals surface area contributed by atoms with Gasteiger partial charge in [-0.3, -0.25) is 4.79 Å². The summed E-state index contributed by atoms with van der Waals surface area (Å²) < 4.78 is 12.9. The molecule has 0 spiro atoms. The summed E-state index contributed by atoms with van der Waals surface area (Å²) in [5.41, 5.74) is 1.65. The Morgan fingerprint density at radius 1 is 1.36 bits per heavy atom. The second kappa shape index (κ2) is 7.47. The van der Waals surface area contributed by atoms with Gasteiger partial charge in [-0.15, -0.1) is 11.3 Å². The Kier molecular flexibility index (Phi) is 5.63. The van der Waals surface area contributed by atoms with E-state index in [1.54, 1.807) is 17.0 Å². The first kappa shape index (κ1) is 16.6. The van der Waals surface area contributed by atoms with E-state index >= 15 is 0 Å². The van der Waals surface area contributed by atoms with Gasteiger partial charge >= 0.3 is 0 Å². The molecule has 1 aromatic carbocycles. The van der Waals surface area contributed by atoms with E-state index in [1.807, 2.05) is 13.8 Å². The summed E-state index contributed by atoms with van der Waals surface area (Å²) in [6, 6.07) is 6.28. The number of carbonyl (C=O) groups excluding carboxylic acids is 1. The third-order valence-corrected chi connectivity index (χ3v) is 4.49. The SMILES string of the molecule is CCN(CCO)C(=O)c1sc(Cc2ccc(F)cc2)nc1C. The van der Waals surface area contributed by atoms with E-state index in [1.165, 1.54) is 23.5 Å². The van der Waals surface area contributed by atoms with Crippen LogP contribution in [0.1, 0.15) is 32.9 Å². The van der Waals surface area contributed by atoms with Gasteiger partial charge in [0.25, 0.3) is 5.91 Å². The number of halogens is 1. The molecule has 0 bridgehead atoms. The Hall–Kier alpha value is -1.79. The molecule has 1 aromatic heterocycles. The van der Waals surface area contributed by atoms with Crippen LogP contribution in [-0.2, 0) is 6.42 Å². The van der Waals surface area contributed by atoms with Crippen molar-refractivity contribution in [3.8, 4) is 0 Å². The van der Waals surface area contributed by atoms with Gasteiger partial charge in [-0.2, -0.15) is 0 Å². The molecule has 1 amide bonds. The number of amides is 1. The number of aryl methyl sites for hydroxylation is 1. The van der Waals surface area contributed by atoms with Gasteiger partial charge in [0.2, 0.25) is 0 Å². The minimum absolute atomic E-state index is 0.0557. The fourth-order valence-electron chi connectivity index (χ4n) is 2.17. The smallest absolute Gasteiger partial charge is 0.265 e. The van der Waals surface area contributed by atoms with Crippen LogP contribution in [0, 0.1) is 12.7 Å². The number of hydrogen-bond acceptors (Lipinski definition) is 4. The van der Waals surface area contributed by atoms with Crippen LogP contribution in [0.15, 0.2) is 24.3 Å². The van der Waals surface area contributed by atoms with Gasteiger partial charge in [0.1, 0.15) is 10.7 Å². The molecule has 6 heteroatoms. The molecular formula is C16H19FN2O2S. The van der Waals surface area contributed by atoms with Crippen LogP contribution in [0.25, 0.3) is 0 Å². The average Bonchev–Trinajstić information content (AvgIpc) is 2.87. The first-order valence-corrected chi connectivity index (χ1v) is 7.97. The summed E-state index contributed by atoms with van der Waals surface area (Å²) in [5, 5.41) is 9.84. The third-order valence-electron chi connectivity index (χ3n) is 3.34. The number of nitrogens with zero attached hydrogens (tertiary/aromatic N) is 2. The molecule has 0 aliphatic rings. The Morgan fingerprint density at radius 2 is 2.05 bits per heavy atom. The zero-order valence-corrected chi connectivity index (χ0v) is 13.5. The second-order valence-electron chi connectivity index (χ2n) is 4.93. The van der Waals surface area contributed by atoms with Crippen molar-refractivity contribution >= 4 is 17.2 Å². The highest BCUT2D eigenvalue weighted by Crippen LogP contribution is 2.22. The number of thiazole rings is 1. The van der Waals surface area contributed by atoms with E-state index in [0.29, 0.717) is 30.1 Å². The van der Waals surface area contributed by atoms with Gasteiger partial charge in [-0.1, -0.05) is 12.1 Å². The molecule has 0 atom stereocenters. The number of carbonyl (C=O) groups is 1. The second-order valence-corrected chi connectivity index (χ2v) is 6.02. The summed E-state index contributed by atoms with van der Waals surface area (Å²) in [5.74, 6) is -0.366. The lowest BCUT2D eigenvalue weighted by atomic mass is 10.1. The standard InChI is InChI=1S/C16H19FN2O2S/c1-3-19(8-9-20)16(21)15-11(2)18-14(22-15)10-12-4-6-13(17)7-5-12/h4-7,20H,3,8-10H2,1-2H3. The van der Waals surface area contributed by atoms with Crippen LogP contribution in [0.4, 0.5) is 4.39 Å². The van der Waals surface area contributed by atoms with Crippen molar-refractivity contribution in [3.63, 3.8) is 0 Å². The summed E-state index contributed by atoms with van der Waals surface area (Å²) in [7, 11) is 0. The molecule has 22 heavy (non-hydrogen) atoms. The third kappa shape index (κ3) is 3.90. The van der Waals surface area contributed by atoms with Gasteiger partial charge < -0.3 is 10.0 Å². The van der Waals surface area contributed by atoms with E-state index in [9.17, 15) is 9.18 Å². The molecule has 2 rings (SSSR count). The zero-order chi connectivity index (χ0) is 16.1. The van der Waals surface area contributed by atoms with Crippen LogP contribution in [0.2, 0.25) is 0 Å². The van der Waals surface area contributed by atoms with Crippen LogP contribution >= 0.6 is 11.3 Å². The Morgan fingerprint density at radius 3 is 2.64 bits per heavy atom. The normalized spacial score (nSPS) is 10.7.